The molecule has 0 radical (unpaired) electrons. The van der Waals surface area contributed by atoms with E-state index >= 15 is 0 Å². The van der Waals surface area contributed by atoms with E-state index in [2.05, 4.69) is 35.4 Å². The van der Waals surface area contributed by atoms with Gasteiger partial charge in [-0.3, -0.25) is 9.69 Å². The standard InChI is InChI=1S/C22H26ClN7O2S.C4H9O/c1-14-4-3-5-16(23)20(14)28-21(32)17-13-24-22(33-17)27-18-12-19(26-15(2)25-18)30-8-6-29(7-9-30)10-11-31;1-2-3-4-5/h3-5,12-13,31H,6-11H2,1-2H3,(H,28,32)(H,24,25,26,27);2-4H2,1H3/q;-1. The number of aliphatic hydroxyl groups is 1. The molecule has 0 atom stereocenters. The lowest BCUT2D eigenvalue weighted by Crippen LogP contribution is -2.47. The number of β-amino-alcohol motifs (C(OH)–C–C–N with tert-alkyl or cyclic N) is 1. The van der Waals surface area contributed by atoms with Crippen LogP contribution in [0.3, 0.4) is 0 Å². The average molecular weight is 561 g/mol. The van der Waals surface area contributed by atoms with Crippen molar-refractivity contribution in [1.82, 2.24) is 19.9 Å². The number of carbonyl (C=O) groups is 1. The summed E-state index contributed by atoms with van der Waals surface area (Å²) in [5, 5.41) is 25.8. The Morgan fingerprint density at radius 1 is 1.21 bits per heavy atom. The quantitative estimate of drug-likeness (QED) is 0.360. The van der Waals surface area contributed by atoms with Crippen LogP contribution in [0.25, 0.3) is 0 Å². The second-order valence-corrected chi connectivity index (χ2v) is 10.2. The molecule has 3 aromatic rings. The van der Waals surface area contributed by atoms with Gasteiger partial charge in [0.1, 0.15) is 22.3 Å². The molecule has 4 rings (SSSR count). The number of anilines is 4. The molecule has 0 bridgehead atoms. The minimum atomic E-state index is -0.267. The number of rotatable bonds is 9. The van der Waals surface area contributed by atoms with Gasteiger partial charge in [-0.05, 0) is 25.5 Å². The average Bonchev–Trinajstić information content (AvgIpc) is 3.36. The Labute approximate surface area is 232 Å². The summed E-state index contributed by atoms with van der Waals surface area (Å²) in [6.07, 6.45) is 3.40. The van der Waals surface area contributed by atoms with Crippen molar-refractivity contribution in [3.63, 3.8) is 0 Å². The maximum absolute atomic E-state index is 12.7. The van der Waals surface area contributed by atoms with Crippen molar-refractivity contribution in [2.45, 2.75) is 33.6 Å². The summed E-state index contributed by atoms with van der Waals surface area (Å²) >= 11 is 7.46. The van der Waals surface area contributed by atoms with E-state index in [0.29, 0.717) is 38.9 Å². The van der Waals surface area contributed by atoms with Gasteiger partial charge in [-0.2, -0.15) is 0 Å². The van der Waals surface area contributed by atoms with Crippen molar-refractivity contribution in [2.75, 3.05) is 61.5 Å². The van der Waals surface area contributed by atoms with Crippen LogP contribution in [-0.4, -0.2) is 76.8 Å². The first-order chi connectivity index (χ1) is 18.3. The summed E-state index contributed by atoms with van der Waals surface area (Å²) in [7, 11) is 0. The first kappa shape index (κ1) is 29.7. The van der Waals surface area contributed by atoms with E-state index < -0.39 is 0 Å². The summed E-state index contributed by atoms with van der Waals surface area (Å²) in [5.74, 6) is 1.85. The maximum Gasteiger partial charge on any atom is 0.267 e. The fourth-order valence-corrected chi connectivity index (χ4v) is 4.76. The summed E-state index contributed by atoms with van der Waals surface area (Å²) < 4.78 is 0. The van der Waals surface area contributed by atoms with Gasteiger partial charge in [0.15, 0.2) is 5.13 Å². The zero-order valence-corrected chi connectivity index (χ0v) is 23.6. The highest BCUT2D eigenvalue weighted by Gasteiger charge is 2.19. The number of hydrogen-bond acceptors (Lipinski definition) is 10. The molecular weight excluding hydrogens is 526 g/mol. The summed E-state index contributed by atoms with van der Waals surface area (Å²) in [6, 6.07) is 7.37. The van der Waals surface area contributed by atoms with Gasteiger partial charge in [-0.15, -0.1) is 6.61 Å². The van der Waals surface area contributed by atoms with Gasteiger partial charge in [0, 0.05) is 38.8 Å². The molecule has 12 heteroatoms. The Morgan fingerprint density at radius 2 is 1.97 bits per heavy atom. The Bertz CT molecular complexity index is 1160. The molecule has 38 heavy (non-hydrogen) atoms. The Kier molecular flexibility index (Phi) is 11.7. The van der Waals surface area contributed by atoms with E-state index in [4.69, 9.17) is 16.7 Å². The van der Waals surface area contributed by atoms with E-state index in [0.717, 1.165) is 50.4 Å². The number of amides is 1. The highest BCUT2D eigenvalue weighted by molar-refractivity contribution is 7.17. The smallest absolute Gasteiger partial charge is 0.267 e. The number of aliphatic hydroxyl groups excluding tert-OH is 1. The van der Waals surface area contributed by atoms with Crippen LogP contribution in [0.15, 0.2) is 30.5 Å². The van der Waals surface area contributed by atoms with Crippen molar-refractivity contribution in [3.8, 4) is 0 Å². The van der Waals surface area contributed by atoms with Crippen LogP contribution in [0, 0.1) is 13.8 Å². The Hall–Kier alpha value is -2.83. The summed E-state index contributed by atoms with van der Waals surface area (Å²) in [6.45, 7) is 10.1. The van der Waals surface area contributed by atoms with Gasteiger partial charge >= 0.3 is 0 Å². The Balaban J connectivity index is 0.000000732. The highest BCUT2D eigenvalue weighted by atomic mass is 35.5. The SMILES string of the molecule is CCCC[O-].Cc1nc(Nc2ncc(C(=O)Nc3c(C)cccc3Cl)s2)cc(N2CCN(CCO)CC2)n1. The van der Waals surface area contributed by atoms with Crippen LogP contribution >= 0.6 is 22.9 Å². The molecule has 3 N–H and O–H groups in total. The number of hydrogen-bond donors (Lipinski definition) is 3. The van der Waals surface area contributed by atoms with Gasteiger partial charge in [0.05, 0.1) is 23.5 Å². The van der Waals surface area contributed by atoms with Gasteiger partial charge in [-0.1, -0.05) is 54.8 Å². The molecule has 1 aliphatic heterocycles. The number of unbranched alkanes of at least 4 members (excludes halogenated alkanes) is 1. The normalized spacial score (nSPS) is 13.6. The van der Waals surface area contributed by atoms with Crippen LogP contribution in [0.5, 0.6) is 0 Å². The number of halogens is 1. The van der Waals surface area contributed by atoms with E-state index in [-0.39, 0.29) is 19.1 Å². The number of nitrogens with one attached hydrogen (secondary N) is 2. The molecule has 1 aliphatic rings. The molecule has 1 fully saturated rings. The number of nitrogens with zero attached hydrogens (tertiary/aromatic N) is 5. The lowest BCUT2D eigenvalue weighted by Gasteiger charge is -2.35. The lowest BCUT2D eigenvalue weighted by atomic mass is 10.2. The molecule has 3 heterocycles. The maximum atomic E-state index is 12.7. The second-order valence-electron chi connectivity index (χ2n) is 8.81. The molecule has 206 valence electrons. The van der Waals surface area contributed by atoms with Crippen molar-refractivity contribution < 1.29 is 15.0 Å². The molecule has 0 aliphatic carbocycles. The number of carbonyl (C=O) groups excluding carboxylic acids is 1. The largest absolute Gasteiger partial charge is 0.854 e. The number of thiazole rings is 1. The molecule has 0 unspecified atom stereocenters. The van der Waals surface area contributed by atoms with Gasteiger partial charge < -0.3 is 25.7 Å². The molecule has 2 aromatic heterocycles. The van der Waals surface area contributed by atoms with E-state index in [9.17, 15) is 9.90 Å². The number of para-hydroxylation sites is 1. The van der Waals surface area contributed by atoms with Crippen LogP contribution in [0.2, 0.25) is 5.02 Å². The van der Waals surface area contributed by atoms with Crippen LogP contribution < -0.4 is 20.6 Å². The fraction of sp³-hybridized carbons (Fsp3) is 0.462. The summed E-state index contributed by atoms with van der Waals surface area (Å²) in [4.78, 5) is 31.0. The van der Waals surface area contributed by atoms with E-state index in [1.807, 2.05) is 39.0 Å². The summed E-state index contributed by atoms with van der Waals surface area (Å²) in [5.41, 5.74) is 1.49. The van der Waals surface area contributed by atoms with Crippen molar-refractivity contribution in [2.24, 2.45) is 0 Å². The van der Waals surface area contributed by atoms with Crippen molar-refractivity contribution in [1.29, 1.82) is 0 Å². The van der Waals surface area contributed by atoms with Gasteiger partial charge in [-0.25, -0.2) is 15.0 Å². The molecule has 0 saturated carbocycles. The molecule has 10 nitrogen and oxygen atoms in total. The second kappa shape index (κ2) is 14.9. The van der Waals surface area contributed by atoms with Gasteiger partial charge in [0.25, 0.3) is 5.91 Å². The third kappa shape index (κ3) is 8.60. The lowest BCUT2D eigenvalue weighted by molar-refractivity contribution is -0.368. The Morgan fingerprint density at radius 3 is 2.61 bits per heavy atom. The van der Waals surface area contributed by atoms with Crippen molar-refractivity contribution >= 4 is 51.3 Å². The first-order valence-electron chi connectivity index (χ1n) is 12.7. The predicted molar refractivity (Wildman–Crippen MR) is 152 cm³/mol. The van der Waals surface area contributed by atoms with Gasteiger partial charge in [0.2, 0.25) is 0 Å². The molecule has 1 amide bonds. The minimum absolute atomic E-state index is 0.0938. The fourth-order valence-electron chi connectivity index (χ4n) is 3.78. The van der Waals surface area contributed by atoms with Crippen LogP contribution in [0.4, 0.5) is 22.5 Å². The zero-order valence-electron chi connectivity index (χ0n) is 22.0. The number of benzene rings is 1. The predicted octanol–water partition coefficient (Wildman–Crippen LogP) is 3.46. The first-order valence-corrected chi connectivity index (χ1v) is 13.8. The molecule has 1 saturated heterocycles. The third-order valence-corrected chi connectivity index (χ3v) is 7.09. The minimum Gasteiger partial charge on any atom is -0.854 e. The van der Waals surface area contributed by atoms with E-state index in [1.54, 1.807) is 6.07 Å². The number of piperazine rings is 1. The zero-order chi connectivity index (χ0) is 27.5. The number of aryl methyl sites for hydroxylation is 2. The highest BCUT2D eigenvalue weighted by Crippen LogP contribution is 2.28. The third-order valence-electron chi connectivity index (χ3n) is 5.86. The molecule has 1 aromatic carbocycles. The molecular formula is C26H35ClN7O3S-. The topological polar surface area (TPSA) is 130 Å². The number of aromatic nitrogens is 3. The monoisotopic (exact) mass is 560 g/mol. The van der Waals surface area contributed by atoms with Crippen LogP contribution in [-0.2, 0) is 0 Å². The van der Waals surface area contributed by atoms with Crippen LogP contribution in [0.1, 0.15) is 40.8 Å². The van der Waals surface area contributed by atoms with E-state index in [1.165, 1.54) is 17.5 Å². The molecule has 0 spiro atoms. The van der Waals surface area contributed by atoms with Crippen molar-refractivity contribution in [3.05, 3.63) is 51.7 Å².